The van der Waals surface area contributed by atoms with Crippen LogP contribution in [0.2, 0.25) is 0 Å². The average molecular weight is 306 g/mol. The van der Waals surface area contributed by atoms with E-state index in [1.807, 2.05) is 7.05 Å². The number of benzene rings is 1. The van der Waals surface area contributed by atoms with Gasteiger partial charge in [0.15, 0.2) is 0 Å². The van der Waals surface area contributed by atoms with Gasteiger partial charge < -0.3 is 5.32 Å². The third kappa shape index (κ3) is 3.49. The average Bonchev–Trinajstić information content (AvgIpc) is 2.33. The Hall–Kier alpha value is -0.480. The fourth-order valence-electron chi connectivity index (χ4n) is 1.85. The van der Waals surface area contributed by atoms with Crippen LogP contribution in [0.25, 0.3) is 0 Å². The molecule has 2 atom stereocenters. The zero-order valence-corrected chi connectivity index (χ0v) is 11.9. The lowest BCUT2D eigenvalue weighted by atomic mass is 9.93. The summed E-state index contributed by atoms with van der Waals surface area (Å²) in [6.07, 6.45) is 1.34. The van der Waals surface area contributed by atoms with Crippen LogP contribution in [0.4, 0.5) is 8.78 Å². The molecule has 0 fully saturated rings. The van der Waals surface area contributed by atoms with Crippen molar-refractivity contribution >= 4 is 15.9 Å². The molecular formula is C13H18BrF2N. The Labute approximate surface area is 110 Å². The van der Waals surface area contributed by atoms with Crippen LogP contribution in [0.5, 0.6) is 0 Å². The smallest absolute Gasteiger partial charge is 0.143 e. The first-order valence-corrected chi connectivity index (χ1v) is 6.60. The van der Waals surface area contributed by atoms with Crippen LogP contribution in [0, 0.1) is 17.6 Å². The highest BCUT2D eigenvalue weighted by Gasteiger charge is 2.20. The van der Waals surface area contributed by atoms with E-state index in [1.54, 1.807) is 0 Å². The summed E-state index contributed by atoms with van der Waals surface area (Å²) in [7, 11) is 1.82. The minimum absolute atomic E-state index is 0.0818. The molecule has 0 saturated carbocycles. The molecule has 1 nitrogen and oxygen atoms in total. The predicted molar refractivity (Wildman–Crippen MR) is 70.1 cm³/mol. The molecule has 0 aliphatic carbocycles. The molecule has 2 unspecified atom stereocenters. The third-order valence-electron chi connectivity index (χ3n) is 3.26. The van der Waals surface area contributed by atoms with Gasteiger partial charge >= 0.3 is 0 Å². The second-order valence-corrected chi connectivity index (χ2v) is 5.16. The van der Waals surface area contributed by atoms with Crippen molar-refractivity contribution < 1.29 is 8.78 Å². The van der Waals surface area contributed by atoms with Gasteiger partial charge in [0.1, 0.15) is 11.6 Å². The van der Waals surface area contributed by atoms with Gasteiger partial charge in [-0.1, -0.05) is 20.3 Å². The fourth-order valence-corrected chi connectivity index (χ4v) is 2.22. The molecule has 17 heavy (non-hydrogen) atoms. The number of rotatable bonds is 5. The number of nitrogens with one attached hydrogen (secondary N) is 1. The van der Waals surface area contributed by atoms with Gasteiger partial charge in [0.05, 0.1) is 4.47 Å². The highest BCUT2D eigenvalue weighted by Crippen LogP contribution is 2.24. The van der Waals surface area contributed by atoms with Crippen molar-refractivity contribution in [2.75, 3.05) is 7.05 Å². The molecule has 0 saturated heterocycles. The van der Waals surface area contributed by atoms with E-state index in [-0.39, 0.29) is 11.6 Å². The standard InChI is InChI=1S/C13H18BrF2N/c1-4-8(2)12(17-3)7-9-11(15)6-5-10(14)13(9)16/h5-6,8,12,17H,4,7H2,1-3H3. The van der Waals surface area contributed by atoms with Crippen molar-refractivity contribution in [1.82, 2.24) is 5.32 Å². The lowest BCUT2D eigenvalue weighted by Gasteiger charge is -2.23. The van der Waals surface area contributed by atoms with Crippen molar-refractivity contribution in [2.45, 2.75) is 32.7 Å². The fraction of sp³-hybridized carbons (Fsp3) is 0.538. The number of likely N-dealkylation sites (N-methyl/N-ethyl adjacent to an activating group) is 1. The van der Waals surface area contributed by atoms with E-state index in [0.717, 1.165) is 6.42 Å². The molecular weight excluding hydrogens is 288 g/mol. The van der Waals surface area contributed by atoms with Gasteiger partial charge in [-0.05, 0) is 47.4 Å². The summed E-state index contributed by atoms with van der Waals surface area (Å²) in [6, 6.07) is 2.77. The molecule has 0 spiro atoms. The van der Waals surface area contributed by atoms with Gasteiger partial charge in [-0.2, -0.15) is 0 Å². The highest BCUT2D eigenvalue weighted by molar-refractivity contribution is 9.10. The Bertz CT molecular complexity index is 382. The van der Waals surface area contributed by atoms with E-state index in [4.69, 9.17) is 0 Å². The molecule has 96 valence electrons. The van der Waals surface area contributed by atoms with E-state index < -0.39 is 11.6 Å². The summed E-state index contributed by atoms with van der Waals surface area (Å²) in [5, 5.41) is 3.13. The van der Waals surface area contributed by atoms with Crippen molar-refractivity contribution in [3.05, 3.63) is 33.8 Å². The first kappa shape index (κ1) is 14.6. The quantitative estimate of drug-likeness (QED) is 0.814. The second-order valence-electron chi connectivity index (χ2n) is 4.31. The van der Waals surface area contributed by atoms with Crippen molar-refractivity contribution in [1.29, 1.82) is 0 Å². The Morgan fingerprint density at radius 2 is 2.00 bits per heavy atom. The lowest BCUT2D eigenvalue weighted by Crippen LogP contribution is -2.34. The number of halogens is 3. The molecule has 0 heterocycles. The number of hydrogen-bond acceptors (Lipinski definition) is 1. The van der Waals surface area contributed by atoms with E-state index >= 15 is 0 Å². The third-order valence-corrected chi connectivity index (χ3v) is 3.88. The maximum Gasteiger partial charge on any atom is 0.143 e. The van der Waals surface area contributed by atoms with Crippen molar-refractivity contribution in [3.8, 4) is 0 Å². The Balaban J connectivity index is 2.97. The maximum absolute atomic E-state index is 13.8. The monoisotopic (exact) mass is 305 g/mol. The van der Waals surface area contributed by atoms with Crippen molar-refractivity contribution in [3.63, 3.8) is 0 Å². The molecule has 4 heteroatoms. The van der Waals surface area contributed by atoms with Crippen molar-refractivity contribution in [2.24, 2.45) is 5.92 Å². The Morgan fingerprint density at radius 1 is 1.35 bits per heavy atom. The molecule has 0 bridgehead atoms. The second kappa shape index (κ2) is 6.45. The summed E-state index contributed by atoms with van der Waals surface area (Å²) in [6.45, 7) is 4.15. The van der Waals surface area contributed by atoms with Crippen LogP contribution in [-0.2, 0) is 6.42 Å². The summed E-state index contributed by atoms with van der Waals surface area (Å²) >= 11 is 3.08. The van der Waals surface area contributed by atoms with Crippen LogP contribution >= 0.6 is 15.9 Å². The summed E-state index contributed by atoms with van der Waals surface area (Å²) < 4.78 is 27.7. The van der Waals surface area contributed by atoms with Crippen LogP contribution in [0.3, 0.4) is 0 Å². The molecule has 1 N–H and O–H groups in total. The first-order chi connectivity index (χ1) is 8.01. The topological polar surface area (TPSA) is 12.0 Å². The van der Waals surface area contributed by atoms with Crippen LogP contribution < -0.4 is 5.32 Å². The molecule has 1 aromatic rings. The van der Waals surface area contributed by atoms with Gasteiger partial charge in [-0.3, -0.25) is 0 Å². The minimum atomic E-state index is -0.492. The van der Waals surface area contributed by atoms with Gasteiger partial charge in [0.2, 0.25) is 0 Å². The highest BCUT2D eigenvalue weighted by atomic mass is 79.9. The largest absolute Gasteiger partial charge is 0.316 e. The normalized spacial score (nSPS) is 14.7. The molecule has 0 aromatic heterocycles. The Morgan fingerprint density at radius 3 is 2.53 bits per heavy atom. The van der Waals surface area contributed by atoms with Crippen LogP contribution in [0.1, 0.15) is 25.8 Å². The lowest BCUT2D eigenvalue weighted by molar-refractivity contribution is 0.376. The van der Waals surface area contributed by atoms with Crippen LogP contribution in [0.15, 0.2) is 16.6 Å². The molecule has 1 aromatic carbocycles. The van der Waals surface area contributed by atoms with E-state index in [0.29, 0.717) is 16.8 Å². The van der Waals surface area contributed by atoms with E-state index in [9.17, 15) is 8.78 Å². The number of hydrogen-bond donors (Lipinski definition) is 1. The SMILES string of the molecule is CCC(C)C(Cc1c(F)ccc(Br)c1F)NC. The molecule has 0 aliphatic heterocycles. The maximum atomic E-state index is 13.8. The van der Waals surface area contributed by atoms with E-state index in [1.165, 1.54) is 12.1 Å². The van der Waals surface area contributed by atoms with Gasteiger partial charge in [-0.15, -0.1) is 0 Å². The first-order valence-electron chi connectivity index (χ1n) is 5.80. The summed E-state index contributed by atoms with van der Waals surface area (Å²) in [5.41, 5.74) is 0.152. The summed E-state index contributed by atoms with van der Waals surface area (Å²) in [4.78, 5) is 0. The molecule has 0 aliphatic rings. The molecule has 0 amide bonds. The van der Waals surface area contributed by atoms with Gasteiger partial charge in [0.25, 0.3) is 0 Å². The zero-order chi connectivity index (χ0) is 13.0. The minimum Gasteiger partial charge on any atom is -0.316 e. The van der Waals surface area contributed by atoms with Gasteiger partial charge in [0, 0.05) is 11.6 Å². The van der Waals surface area contributed by atoms with E-state index in [2.05, 4.69) is 35.1 Å². The predicted octanol–water partition coefficient (Wildman–Crippen LogP) is 3.90. The zero-order valence-electron chi connectivity index (χ0n) is 10.4. The van der Waals surface area contributed by atoms with Gasteiger partial charge in [-0.25, -0.2) is 8.78 Å². The van der Waals surface area contributed by atoms with Crippen LogP contribution in [-0.4, -0.2) is 13.1 Å². The Kier molecular flexibility index (Phi) is 5.53. The molecule has 1 rings (SSSR count). The summed E-state index contributed by atoms with van der Waals surface area (Å²) in [5.74, 6) is -0.597. The molecule has 0 radical (unpaired) electrons.